The van der Waals surface area contributed by atoms with Gasteiger partial charge in [-0.3, -0.25) is 0 Å². The van der Waals surface area contributed by atoms with Crippen LogP contribution < -0.4 is 4.74 Å². The number of rotatable bonds is 6. The van der Waals surface area contributed by atoms with Crippen LogP contribution in [0.15, 0.2) is 33.9 Å². The molecule has 3 aromatic rings. The average Bonchev–Trinajstić information content (AvgIpc) is 3.39. The van der Waals surface area contributed by atoms with E-state index in [2.05, 4.69) is 15.2 Å². The number of halogens is 2. The van der Waals surface area contributed by atoms with Crippen LogP contribution in [-0.4, -0.2) is 40.7 Å². The molecule has 1 saturated carbocycles. The van der Waals surface area contributed by atoms with Crippen LogP contribution in [0.4, 0.5) is 8.78 Å². The molecule has 4 rings (SSSR count). The van der Waals surface area contributed by atoms with Gasteiger partial charge in [-0.1, -0.05) is 19.0 Å². The Morgan fingerprint density at radius 2 is 1.88 bits per heavy atom. The third kappa shape index (κ3) is 4.67. The van der Waals surface area contributed by atoms with Crippen molar-refractivity contribution in [2.45, 2.75) is 62.4 Å². The number of nitrogens with zero attached hydrogens (tertiary/aromatic N) is 4. The molecule has 0 bridgehead atoms. The summed E-state index contributed by atoms with van der Waals surface area (Å²) in [6.07, 6.45) is 6.86. The summed E-state index contributed by atoms with van der Waals surface area (Å²) in [6.45, 7) is 4.03. The van der Waals surface area contributed by atoms with Crippen molar-refractivity contribution in [3.05, 3.63) is 47.9 Å². The molecular weight excluding hydrogens is 442 g/mol. The third-order valence-corrected chi connectivity index (χ3v) is 6.62. The first-order valence-corrected chi connectivity index (χ1v) is 12.2. The molecule has 0 amide bonds. The molecule has 1 fully saturated rings. The highest BCUT2D eigenvalue weighted by atomic mass is 32.2. The van der Waals surface area contributed by atoms with Crippen molar-refractivity contribution >= 4 is 9.84 Å². The Labute approximate surface area is 184 Å². The summed E-state index contributed by atoms with van der Waals surface area (Å²) in [5.74, 6) is 0.256. The summed E-state index contributed by atoms with van der Waals surface area (Å²) in [4.78, 5) is 3.79. The second kappa shape index (κ2) is 8.61. The van der Waals surface area contributed by atoms with Gasteiger partial charge >= 0.3 is 0 Å². The van der Waals surface area contributed by atoms with E-state index in [9.17, 15) is 17.2 Å². The lowest BCUT2D eigenvalue weighted by molar-refractivity contribution is 0.139. The van der Waals surface area contributed by atoms with Crippen molar-refractivity contribution in [1.29, 1.82) is 0 Å². The van der Waals surface area contributed by atoms with Gasteiger partial charge in [0.15, 0.2) is 21.4 Å². The third-order valence-electron chi connectivity index (χ3n) is 5.51. The van der Waals surface area contributed by atoms with Crippen molar-refractivity contribution in [1.82, 2.24) is 19.9 Å². The van der Waals surface area contributed by atoms with Gasteiger partial charge in [0.1, 0.15) is 22.2 Å². The smallest absolute Gasteiger partial charge is 0.229 e. The van der Waals surface area contributed by atoms with E-state index in [4.69, 9.17) is 9.26 Å². The second-order valence-electron chi connectivity index (χ2n) is 8.36. The SMILES string of the molecule is CC(C)c1noc(C2CCC(Oc3cnn(-c4cc(F)c(S(C)(=O)=O)cc4F)c3)CC2)n1. The lowest BCUT2D eigenvalue weighted by atomic mass is 9.87. The molecule has 0 spiro atoms. The maximum atomic E-state index is 14.4. The maximum absolute atomic E-state index is 14.4. The number of benzene rings is 1. The van der Waals surface area contributed by atoms with Crippen LogP contribution in [0.5, 0.6) is 5.75 Å². The van der Waals surface area contributed by atoms with E-state index in [0.29, 0.717) is 23.5 Å². The summed E-state index contributed by atoms with van der Waals surface area (Å²) in [5, 5.41) is 8.05. The van der Waals surface area contributed by atoms with Crippen LogP contribution in [0.1, 0.15) is 63.1 Å². The first-order valence-electron chi connectivity index (χ1n) is 10.4. The predicted molar refractivity (Wildman–Crippen MR) is 111 cm³/mol. The van der Waals surface area contributed by atoms with Crippen molar-refractivity contribution in [3.63, 3.8) is 0 Å². The van der Waals surface area contributed by atoms with E-state index in [1.165, 1.54) is 12.4 Å². The van der Waals surface area contributed by atoms with Crippen LogP contribution in [0.3, 0.4) is 0 Å². The molecule has 0 radical (unpaired) electrons. The van der Waals surface area contributed by atoms with Gasteiger partial charge < -0.3 is 9.26 Å². The van der Waals surface area contributed by atoms with Crippen molar-refractivity contribution < 1.29 is 26.5 Å². The number of sulfone groups is 1. The molecule has 11 heteroatoms. The Hall–Kier alpha value is -2.82. The van der Waals surface area contributed by atoms with Crippen LogP contribution in [0.2, 0.25) is 0 Å². The standard InChI is InChI=1S/C21H24F2N4O4S/c1-12(2)20-25-21(31-26-20)13-4-6-14(7-5-13)30-15-10-24-27(11-15)18-8-17(23)19(9-16(18)22)32(3,28)29/h8-14H,4-7H2,1-3H3. The fourth-order valence-electron chi connectivity index (χ4n) is 3.74. The topological polar surface area (TPSA) is 100 Å². The van der Waals surface area contributed by atoms with Gasteiger partial charge in [-0.15, -0.1) is 0 Å². The molecule has 0 atom stereocenters. The summed E-state index contributed by atoms with van der Waals surface area (Å²) >= 11 is 0. The molecule has 2 aromatic heterocycles. The summed E-state index contributed by atoms with van der Waals surface area (Å²) in [5.41, 5.74) is -0.203. The zero-order chi connectivity index (χ0) is 23.0. The minimum atomic E-state index is -3.88. The van der Waals surface area contributed by atoms with Gasteiger partial charge in [0.05, 0.1) is 18.5 Å². The van der Waals surface area contributed by atoms with Crippen LogP contribution >= 0.6 is 0 Å². The van der Waals surface area contributed by atoms with Crippen LogP contribution in [0.25, 0.3) is 5.69 Å². The highest BCUT2D eigenvalue weighted by Gasteiger charge is 2.28. The van der Waals surface area contributed by atoms with E-state index in [1.54, 1.807) is 0 Å². The van der Waals surface area contributed by atoms with Crippen LogP contribution in [0, 0.1) is 11.6 Å². The molecule has 1 aromatic carbocycles. The van der Waals surface area contributed by atoms with Crippen molar-refractivity contribution in [3.8, 4) is 11.4 Å². The van der Waals surface area contributed by atoms with Gasteiger partial charge in [0, 0.05) is 24.2 Å². The molecule has 1 aliphatic rings. The fourth-order valence-corrected chi connectivity index (χ4v) is 4.48. The molecule has 32 heavy (non-hydrogen) atoms. The molecule has 0 aliphatic heterocycles. The van der Waals surface area contributed by atoms with Gasteiger partial charge in [-0.2, -0.15) is 10.1 Å². The molecule has 1 aliphatic carbocycles. The molecule has 0 N–H and O–H groups in total. The number of hydrogen-bond acceptors (Lipinski definition) is 7. The Kier molecular flexibility index (Phi) is 6.02. The highest BCUT2D eigenvalue weighted by molar-refractivity contribution is 7.90. The zero-order valence-electron chi connectivity index (χ0n) is 18.0. The Bertz CT molecular complexity index is 1210. The minimum Gasteiger partial charge on any atom is -0.487 e. The molecular formula is C21H24F2N4O4S. The molecule has 172 valence electrons. The lowest BCUT2D eigenvalue weighted by Crippen LogP contribution is -2.23. The molecule has 0 saturated heterocycles. The Morgan fingerprint density at radius 1 is 1.16 bits per heavy atom. The quantitative estimate of drug-likeness (QED) is 0.538. The number of hydrogen-bond donors (Lipinski definition) is 0. The van der Waals surface area contributed by atoms with Gasteiger partial charge in [0.2, 0.25) is 5.89 Å². The number of aromatic nitrogens is 4. The predicted octanol–water partition coefficient (Wildman–Crippen LogP) is 4.17. The zero-order valence-corrected chi connectivity index (χ0v) is 18.8. The molecule has 0 unspecified atom stereocenters. The first kappa shape index (κ1) is 22.4. The van der Waals surface area contributed by atoms with E-state index in [-0.39, 0.29) is 23.6 Å². The summed E-state index contributed by atoms with van der Waals surface area (Å²) in [6, 6.07) is 1.47. The fraction of sp³-hybridized carbons (Fsp3) is 0.476. The van der Waals surface area contributed by atoms with Crippen LogP contribution in [-0.2, 0) is 9.84 Å². The monoisotopic (exact) mass is 466 g/mol. The minimum absolute atomic E-state index is 0.0504. The number of ether oxygens (including phenoxy) is 1. The molecule has 8 nitrogen and oxygen atoms in total. The van der Waals surface area contributed by atoms with Gasteiger partial charge in [-0.25, -0.2) is 21.9 Å². The second-order valence-corrected chi connectivity index (χ2v) is 10.3. The summed E-state index contributed by atoms with van der Waals surface area (Å²) < 4.78 is 64.2. The van der Waals surface area contributed by atoms with Crippen molar-refractivity contribution in [2.24, 2.45) is 0 Å². The largest absolute Gasteiger partial charge is 0.487 e. The maximum Gasteiger partial charge on any atom is 0.229 e. The van der Waals surface area contributed by atoms with E-state index < -0.39 is 26.4 Å². The normalized spacial score (nSPS) is 19.4. The van der Waals surface area contributed by atoms with E-state index in [0.717, 1.165) is 42.7 Å². The van der Waals surface area contributed by atoms with E-state index in [1.807, 2.05) is 13.8 Å². The van der Waals surface area contributed by atoms with Crippen molar-refractivity contribution in [2.75, 3.05) is 6.26 Å². The average molecular weight is 467 g/mol. The first-order chi connectivity index (χ1) is 15.1. The van der Waals surface area contributed by atoms with Gasteiger partial charge in [0.25, 0.3) is 0 Å². The molecule has 2 heterocycles. The Morgan fingerprint density at radius 3 is 2.50 bits per heavy atom. The summed E-state index contributed by atoms with van der Waals surface area (Å²) in [7, 11) is -3.88. The van der Waals surface area contributed by atoms with E-state index >= 15 is 0 Å². The van der Waals surface area contributed by atoms with Gasteiger partial charge in [-0.05, 0) is 31.7 Å². The lowest BCUT2D eigenvalue weighted by Gasteiger charge is -2.26. The highest BCUT2D eigenvalue weighted by Crippen LogP contribution is 2.34. The Balaban J connectivity index is 1.41.